The van der Waals surface area contributed by atoms with Crippen LogP contribution in [0.5, 0.6) is 0 Å². The molecule has 4 heteroatoms. The molecule has 3 aromatic rings. The van der Waals surface area contributed by atoms with Crippen LogP contribution in [0.1, 0.15) is 15.9 Å². The Morgan fingerprint density at radius 2 is 1.71 bits per heavy atom. The number of fused-ring (bicyclic) bond motifs is 1. The van der Waals surface area contributed by atoms with E-state index in [1.165, 1.54) is 0 Å². The average Bonchev–Trinajstić information content (AvgIpc) is 2.54. The predicted molar refractivity (Wildman–Crippen MR) is 83.6 cm³/mol. The van der Waals surface area contributed by atoms with Gasteiger partial charge in [0.05, 0.1) is 16.8 Å². The number of carbonyl (C=O) groups is 1. The Bertz CT molecular complexity index is 813. The van der Waals surface area contributed by atoms with Crippen molar-refractivity contribution < 1.29 is 4.79 Å². The second-order valence-corrected chi connectivity index (χ2v) is 4.82. The Balaban J connectivity index is 2.37. The fraction of sp³-hybridized carbons (Fsp3) is 0.0588. The molecule has 0 saturated carbocycles. The van der Waals surface area contributed by atoms with E-state index in [1.54, 1.807) is 0 Å². The van der Waals surface area contributed by atoms with Gasteiger partial charge >= 0.3 is 0 Å². The fourth-order valence-corrected chi connectivity index (χ4v) is 2.55. The van der Waals surface area contributed by atoms with Crippen LogP contribution in [0.3, 0.4) is 0 Å². The number of rotatable bonds is 2. The second-order valence-electron chi connectivity index (χ2n) is 4.82. The van der Waals surface area contributed by atoms with Crippen LogP contribution in [0.2, 0.25) is 0 Å². The van der Waals surface area contributed by atoms with Gasteiger partial charge in [0.15, 0.2) is 0 Å². The van der Waals surface area contributed by atoms with Crippen LogP contribution in [-0.2, 0) is 0 Å². The van der Waals surface area contributed by atoms with Crippen LogP contribution in [-0.4, -0.2) is 10.9 Å². The molecule has 2 aromatic carbocycles. The van der Waals surface area contributed by atoms with Gasteiger partial charge in [0.1, 0.15) is 0 Å². The number of nitrogen functional groups attached to an aromatic ring is 1. The Kier molecular flexibility index (Phi) is 3.38. The molecule has 0 aliphatic carbocycles. The molecule has 0 radical (unpaired) electrons. The van der Waals surface area contributed by atoms with Crippen LogP contribution in [0.25, 0.3) is 22.2 Å². The second kappa shape index (κ2) is 5.34. The van der Waals surface area contributed by atoms with Gasteiger partial charge in [0.2, 0.25) is 0 Å². The highest BCUT2D eigenvalue weighted by molar-refractivity contribution is 6.08. The highest BCUT2D eigenvalue weighted by Crippen LogP contribution is 2.29. The van der Waals surface area contributed by atoms with E-state index < -0.39 is 0 Å². The van der Waals surface area contributed by atoms with Gasteiger partial charge in [-0.25, -0.2) is 10.8 Å². The van der Waals surface area contributed by atoms with Crippen molar-refractivity contribution in [3.63, 3.8) is 0 Å². The normalized spacial score (nSPS) is 10.6. The molecule has 4 nitrogen and oxygen atoms in total. The Morgan fingerprint density at radius 1 is 1.05 bits per heavy atom. The van der Waals surface area contributed by atoms with E-state index >= 15 is 0 Å². The maximum absolute atomic E-state index is 12.2. The molecule has 0 bridgehead atoms. The monoisotopic (exact) mass is 277 g/mol. The predicted octanol–water partition coefficient (Wildman–Crippen LogP) is 2.81. The number of hydrogen-bond acceptors (Lipinski definition) is 3. The topological polar surface area (TPSA) is 68.0 Å². The summed E-state index contributed by atoms with van der Waals surface area (Å²) in [7, 11) is 0. The molecule has 3 rings (SSSR count). The maximum Gasteiger partial charge on any atom is 0.266 e. The summed E-state index contributed by atoms with van der Waals surface area (Å²) in [6.45, 7) is 1.90. The number of amides is 1. The summed E-state index contributed by atoms with van der Waals surface area (Å²) in [5.74, 6) is 5.03. The van der Waals surface area contributed by atoms with Gasteiger partial charge in [-0.3, -0.25) is 10.2 Å². The lowest BCUT2D eigenvalue weighted by molar-refractivity contribution is 0.0954. The third-order valence-corrected chi connectivity index (χ3v) is 3.54. The maximum atomic E-state index is 12.2. The molecule has 1 aromatic heterocycles. The minimum atomic E-state index is -0.303. The summed E-state index contributed by atoms with van der Waals surface area (Å²) in [6, 6.07) is 17.4. The number of pyridine rings is 1. The Morgan fingerprint density at radius 3 is 2.43 bits per heavy atom. The number of nitrogens with two attached hydrogens (primary N) is 1. The number of hydrazine groups is 1. The van der Waals surface area contributed by atoms with Crippen molar-refractivity contribution >= 4 is 16.8 Å². The summed E-state index contributed by atoms with van der Waals surface area (Å²) in [6.07, 6.45) is 0. The van der Waals surface area contributed by atoms with Gasteiger partial charge in [-0.1, -0.05) is 48.5 Å². The number of hydrogen-bond donors (Lipinski definition) is 2. The third-order valence-electron chi connectivity index (χ3n) is 3.54. The molecule has 0 aliphatic rings. The van der Waals surface area contributed by atoms with E-state index in [0.29, 0.717) is 5.56 Å². The SMILES string of the molecule is Cc1c(-c2ccccc2)nc2ccccc2c1C(=O)NN. The van der Waals surface area contributed by atoms with Gasteiger partial charge in [-0.2, -0.15) is 0 Å². The molecule has 0 atom stereocenters. The minimum absolute atomic E-state index is 0.303. The quantitative estimate of drug-likeness (QED) is 0.430. The number of benzene rings is 2. The average molecular weight is 277 g/mol. The van der Waals surface area contributed by atoms with Crippen molar-refractivity contribution in [2.24, 2.45) is 5.84 Å². The van der Waals surface area contributed by atoms with E-state index in [2.05, 4.69) is 5.43 Å². The number of aromatic nitrogens is 1. The molecule has 0 spiro atoms. The molecule has 0 saturated heterocycles. The molecule has 0 fully saturated rings. The zero-order valence-corrected chi connectivity index (χ0v) is 11.6. The number of nitrogens with one attached hydrogen (secondary N) is 1. The highest BCUT2D eigenvalue weighted by atomic mass is 16.2. The molecule has 0 aliphatic heterocycles. The van der Waals surface area contributed by atoms with E-state index in [4.69, 9.17) is 10.8 Å². The van der Waals surface area contributed by atoms with Gasteiger partial charge in [0, 0.05) is 10.9 Å². The Labute approximate surface area is 122 Å². The lowest BCUT2D eigenvalue weighted by atomic mass is 9.97. The first-order valence-electron chi connectivity index (χ1n) is 6.68. The lowest BCUT2D eigenvalue weighted by Gasteiger charge is -2.13. The van der Waals surface area contributed by atoms with Gasteiger partial charge in [-0.15, -0.1) is 0 Å². The van der Waals surface area contributed by atoms with E-state index in [-0.39, 0.29) is 5.91 Å². The van der Waals surface area contributed by atoms with Gasteiger partial charge in [0.25, 0.3) is 5.91 Å². The fourth-order valence-electron chi connectivity index (χ4n) is 2.55. The molecule has 3 N–H and O–H groups in total. The van der Waals surface area contributed by atoms with Crippen molar-refractivity contribution in [3.8, 4) is 11.3 Å². The largest absolute Gasteiger partial charge is 0.290 e. The lowest BCUT2D eigenvalue weighted by Crippen LogP contribution is -2.31. The van der Waals surface area contributed by atoms with Crippen LogP contribution in [0.4, 0.5) is 0 Å². The minimum Gasteiger partial charge on any atom is -0.290 e. The van der Waals surface area contributed by atoms with Crippen LogP contribution in [0.15, 0.2) is 54.6 Å². The van der Waals surface area contributed by atoms with E-state index in [1.807, 2.05) is 61.5 Å². The summed E-state index contributed by atoms with van der Waals surface area (Å²) in [4.78, 5) is 16.9. The number of carbonyl (C=O) groups excluding carboxylic acids is 1. The number of para-hydroxylation sites is 1. The van der Waals surface area contributed by atoms with Crippen molar-refractivity contribution in [2.75, 3.05) is 0 Å². The zero-order valence-electron chi connectivity index (χ0n) is 11.6. The van der Waals surface area contributed by atoms with E-state index in [0.717, 1.165) is 27.7 Å². The van der Waals surface area contributed by atoms with Gasteiger partial charge in [-0.05, 0) is 18.6 Å². The molecular formula is C17H15N3O. The molecule has 0 unspecified atom stereocenters. The van der Waals surface area contributed by atoms with Gasteiger partial charge < -0.3 is 0 Å². The number of nitrogens with zero attached hydrogens (tertiary/aromatic N) is 1. The van der Waals surface area contributed by atoms with Crippen LogP contribution in [0, 0.1) is 6.92 Å². The third kappa shape index (κ3) is 2.26. The molecule has 1 heterocycles. The molecular weight excluding hydrogens is 262 g/mol. The highest BCUT2D eigenvalue weighted by Gasteiger charge is 2.17. The van der Waals surface area contributed by atoms with Crippen molar-refractivity contribution in [1.29, 1.82) is 0 Å². The molecule has 104 valence electrons. The summed E-state index contributed by atoms with van der Waals surface area (Å²) in [5.41, 5.74) is 6.18. The van der Waals surface area contributed by atoms with Crippen molar-refractivity contribution in [3.05, 3.63) is 65.7 Å². The standard InChI is InChI=1S/C17H15N3O/c1-11-15(17(21)20-18)13-9-5-6-10-14(13)19-16(11)12-7-3-2-4-8-12/h2-10H,18H2,1H3,(H,20,21). The van der Waals surface area contributed by atoms with Crippen molar-refractivity contribution in [2.45, 2.75) is 6.92 Å². The summed E-state index contributed by atoms with van der Waals surface area (Å²) >= 11 is 0. The first-order valence-corrected chi connectivity index (χ1v) is 6.68. The summed E-state index contributed by atoms with van der Waals surface area (Å²) < 4.78 is 0. The van der Waals surface area contributed by atoms with E-state index in [9.17, 15) is 4.79 Å². The molecule has 21 heavy (non-hydrogen) atoms. The van der Waals surface area contributed by atoms with Crippen LogP contribution >= 0.6 is 0 Å². The molecule has 1 amide bonds. The summed E-state index contributed by atoms with van der Waals surface area (Å²) in [5, 5.41) is 0.803. The first kappa shape index (κ1) is 13.3. The first-order chi connectivity index (χ1) is 10.2. The smallest absolute Gasteiger partial charge is 0.266 e. The Hall–Kier alpha value is -2.72. The van der Waals surface area contributed by atoms with Crippen LogP contribution < -0.4 is 11.3 Å². The van der Waals surface area contributed by atoms with Crippen molar-refractivity contribution in [1.82, 2.24) is 10.4 Å². The zero-order chi connectivity index (χ0) is 14.8.